The molecule has 0 bridgehead atoms. The molecule has 0 spiro atoms. The van der Waals surface area contributed by atoms with Gasteiger partial charge in [0.15, 0.2) is 5.84 Å². The third-order valence-electron chi connectivity index (χ3n) is 5.38. The maximum Gasteiger partial charge on any atom is 0.150 e. The number of benzene rings is 1. The van der Waals surface area contributed by atoms with Crippen LogP contribution in [0.25, 0.3) is 0 Å². The minimum Gasteiger partial charge on any atom is -0.349 e. The second-order valence-electron chi connectivity index (χ2n) is 9.23. The molecule has 3 nitrogen and oxygen atoms in total. The quantitative estimate of drug-likeness (QED) is 0.686. The fourth-order valence-electron chi connectivity index (χ4n) is 3.64. The van der Waals surface area contributed by atoms with Crippen molar-refractivity contribution >= 4 is 17.2 Å². The summed E-state index contributed by atoms with van der Waals surface area (Å²) in [6.45, 7) is 17.7. The van der Waals surface area contributed by atoms with Crippen LogP contribution in [0.2, 0.25) is 0 Å². The molecule has 2 aliphatic rings. The molecule has 0 N–H and O–H groups in total. The Bertz CT molecular complexity index is 734. The van der Waals surface area contributed by atoms with Gasteiger partial charge in [0.25, 0.3) is 0 Å². The summed E-state index contributed by atoms with van der Waals surface area (Å²) in [4.78, 5) is 12.6. The number of hydrogen-bond donors (Lipinski definition) is 0. The summed E-state index contributed by atoms with van der Waals surface area (Å²) >= 11 is 0. The zero-order chi connectivity index (χ0) is 19.1. The number of rotatable bonds is 3. The number of para-hydroxylation sites is 1. The fraction of sp³-hybridized carbons (Fsp3) is 0.565. The van der Waals surface area contributed by atoms with Crippen molar-refractivity contribution in [1.82, 2.24) is 4.90 Å². The Morgan fingerprint density at radius 3 is 2.23 bits per heavy atom. The highest BCUT2D eigenvalue weighted by atomic mass is 15.3. The fourth-order valence-corrected chi connectivity index (χ4v) is 3.64. The van der Waals surface area contributed by atoms with Gasteiger partial charge in [-0.15, -0.1) is 0 Å². The third kappa shape index (κ3) is 3.62. The van der Waals surface area contributed by atoms with E-state index in [0.29, 0.717) is 17.9 Å². The Morgan fingerprint density at radius 1 is 1.08 bits per heavy atom. The smallest absolute Gasteiger partial charge is 0.150 e. The summed E-state index contributed by atoms with van der Waals surface area (Å²) in [7, 11) is 0. The minimum atomic E-state index is 0.175. The molecule has 3 rings (SSSR count). The van der Waals surface area contributed by atoms with Crippen molar-refractivity contribution in [3.05, 3.63) is 41.5 Å². The van der Waals surface area contributed by atoms with E-state index in [1.807, 2.05) is 0 Å². The predicted molar refractivity (Wildman–Crippen MR) is 113 cm³/mol. The average molecular weight is 352 g/mol. The molecule has 140 valence electrons. The molecule has 1 aromatic rings. The lowest BCUT2D eigenvalue weighted by Crippen LogP contribution is -2.38. The summed E-state index contributed by atoms with van der Waals surface area (Å²) in [5, 5.41) is 0. The predicted octanol–water partition coefficient (Wildman–Crippen LogP) is 5.70. The number of aliphatic imine (C=N–C) groups is 2. The molecule has 0 unspecified atom stereocenters. The molecule has 0 radical (unpaired) electrons. The molecule has 0 aliphatic carbocycles. The first-order chi connectivity index (χ1) is 12.2. The molecule has 0 aromatic heterocycles. The van der Waals surface area contributed by atoms with Gasteiger partial charge in [-0.2, -0.15) is 0 Å². The van der Waals surface area contributed by atoms with Crippen molar-refractivity contribution in [2.24, 2.45) is 15.4 Å². The van der Waals surface area contributed by atoms with E-state index in [1.54, 1.807) is 0 Å². The molecule has 0 saturated carbocycles. The van der Waals surface area contributed by atoms with Crippen LogP contribution >= 0.6 is 0 Å². The van der Waals surface area contributed by atoms with E-state index >= 15 is 0 Å². The van der Waals surface area contributed by atoms with Gasteiger partial charge in [-0.05, 0) is 34.5 Å². The van der Waals surface area contributed by atoms with Crippen molar-refractivity contribution in [2.75, 3.05) is 13.1 Å². The van der Waals surface area contributed by atoms with Gasteiger partial charge in [-0.25, -0.2) is 4.99 Å². The Hall–Kier alpha value is -1.90. The second kappa shape index (κ2) is 7.02. The van der Waals surface area contributed by atoms with Crippen LogP contribution in [-0.2, 0) is 0 Å². The van der Waals surface area contributed by atoms with Crippen molar-refractivity contribution in [3.63, 3.8) is 0 Å². The molecule has 3 heteroatoms. The summed E-state index contributed by atoms with van der Waals surface area (Å²) in [6, 6.07) is 6.93. The summed E-state index contributed by atoms with van der Waals surface area (Å²) in [5.41, 5.74) is 4.97. The van der Waals surface area contributed by atoms with Crippen LogP contribution in [0.4, 0.5) is 5.69 Å². The highest BCUT2D eigenvalue weighted by molar-refractivity contribution is 6.47. The zero-order valence-corrected chi connectivity index (χ0v) is 17.4. The molecule has 1 aromatic carbocycles. The van der Waals surface area contributed by atoms with E-state index in [1.165, 1.54) is 11.1 Å². The number of hydrogen-bond acceptors (Lipinski definition) is 3. The van der Waals surface area contributed by atoms with Gasteiger partial charge >= 0.3 is 0 Å². The van der Waals surface area contributed by atoms with Crippen molar-refractivity contribution in [1.29, 1.82) is 0 Å². The highest BCUT2D eigenvalue weighted by Gasteiger charge is 2.35. The highest BCUT2D eigenvalue weighted by Crippen LogP contribution is 2.36. The van der Waals surface area contributed by atoms with E-state index in [2.05, 4.69) is 83.7 Å². The van der Waals surface area contributed by atoms with Gasteiger partial charge in [0, 0.05) is 13.1 Å². The zero-order valence-electron chi connectivity index (χ0n) is 17.4. The number of nitrogens with zero attached hydrogens (tertiary/aromatic N) is 3. The SMILES string of the molecule is CC(C)c1cccc(C(C)C)c1N=C1C=CCN2C[C@H](C(C)(C)C)N=C12. The second-order valence-corrected chi connectivity index (χ2v) is 9.23. The maximum absolute atomic E-state index is 5.18. The van der Waals surface area contributed by atoms with E-state index in [9.17, 15) is 0 Å². The molecule has 0 fully saturated rings. The Morgan fingerprint density at radius 2 is 1.69 bits per heavy atom. The Labute approximate surface area is 158 Å². The van der Waals surface area contributed by atoms with E-state index < -0.39 is 0 Å². The van der Waals surface area contributed by atoms with Crippen LogP contribution in [-0.4, -0.2) is 35.6 Å². The molecule has 26 heavy (non-hydrogen) atoms. The lowest BCUT2D eigenvalue weighted by atomic mass is 9.87. The topological polar surface area (TPSA) is 28.0 Å². The molecular weight excluding hydrogens is 318 g/mol. The van der Waals surface area contributed by atoms with E-state index in [0.717, 1.165) is 30.3 Å². The first-order valence-electron chi connectivity index (χ1n) is 9.89. The van der Waals surface area contributed by atoms with Gasteiger partial charge in [-0.1, -0.05) is 72.7 Å². The normalized spacial score (nSPS) is 21.7. The van der Waals surface area contributed by atoms with E-state index in [4.69, 9.17) is 9.98 Å². The van der Waals surface area contributed by atoms with Crippen LogP contribution in [0.5, 0.6) is 0 Å². The van der Waals surface area contributed by atoms with Gasteiger partial charge in [0.05, 0.1) is 11.7 Å². The van der Waals surface area contributed by atoms with E-state index in [-0.39, 0.29) is 5.41 Å². The lowest BCUT2D eigenvalue weighted by Gasteiger charge is -2.27. The first kappa shape index (κ1) is 18.9. The van der Waals surface area contributed by atoms with Gasteiger partial charge in [0.1, 0.15) is 5.71 Å². The standard InChI is InChI=1S/C23H33N3/c1-15(2)17-10-8-11-18(16(3)4)21(17)24-19-12-9-13-26-14-20(23(5,6)7)25-22(19)26/h8-12,15-16,20H,13-14H2,1-7H3/t20-/m1/s1. The number of fused-ring (bicyclic) bond motifs is 1. The third-order valence-corrected chi connectivity index (χ3v) is 5.38. The van der Waals surface area contributed by atoms with Gasteiger partial charge in [-0.3, -0.25) is 4.99 Å². The first-order valence-corrected chi connectivity index (χ1v) is 9.89. The molecule has 0 amide bonds. The van der Waals surface area contributed by atoms with Gasteiger partial charge in [0.2, 0.25) is 0 Å². The maximum atomic E-state index is 5.18. The molecule has 0 saturated heterocycles. The number of amidine groups is 1. The minimum absolute atomic E-state index is 0.175. The monoisotopic (exact) mass is 351 g/mol. The Balaban J connectivity index is 2.10. The average Bonchev–Trinajstić information content (AvgIpc) is 3.00. The van der Waals surface area contributed by atoms with Gasteiger partial charge < -0.3 is 4.90 Å². The van der Waals surface area contributed by atoms with Crippen LogP contribution in [0.3, 0.4) is 0 Å². The summed E-state index contributed by atoms with van der Waals surface area (Å²) in [6.07, 6.45) is 4.37. The Kier molecular flexibility index (Phi) is 5.09. The largest absolute Gasteiger partial charge is 0.349 e. The van der Waals surface area contributed by atoms with Crippen LogP contribution in [0.15, 0.2) is 40.3 Å². The van der Waals surface area contributed by atoms with Crippen molar-refractivity contribution < 1.29 is 0 Å². The van der Waals surface area contributed by atoms with Crippen molar-refractivity contribution in [3.8, 4) is 0 Å². The molecule has 1 atom stereocenters. The summed E-state index contributed by atoms with van der Waals surface area (Å²) in [5.74, 6) is 1.97. The van der Waals surface area contributed by atoms with Crippen molar-refractivity contribution in [2.45, 2.75) is 66.3 Å². The molecular formula is C23H33N3. The molecule has 2 aliphatic heterocycles. The lowest BCUT2D eigenvalue weighted by molar-refractivity contribution is 0.296. The van der Waals surface area contributed by atoms with Crippen LogP contribution in [0.1, 0.15) is 71.4 Å². The van der Waals surface area contributed by atoms with Crippen LogP contribution in [0, 0.1) is 5.41 Å². The summed E-state index contributed by atoms with van der Waals surface area (Å²) < 4.78 is 0. The van der Waals surface area contributed by atoms with Crippen LogP contribution < -0.4 is 0 Å². The molecule has 2 heterocycles.